The molecule has 0 aliphatic heterocycles. The monoisotopic (exact) mass is 342 g/mol. The van der Waals surface area contributed by atoms with Gasteiger partial charge < -0.3 is 4.55 Å². The van der Waals surface area contributed by atoms with Crippen molar-refractivity contribution in [3.05, 3.63) is 41.5 Å². The Morgan fingerprint density at radius 2 is 1.48 bits per heavy atom. The van der Waals surface area contributed by atoms with Crippen LogP contribution in [0.15, 0.2) is 35.2 Å². The van der Waals surface area contributed by atoms with E-state index in [1.165, 1.54) is 6.07 Å². The molecule has 0 fully saturated rings. The van der Waals surface area contributed by atoms with Crippen molar-refractivity contribution >= 4 is 20.9 Å². The van der Waals surface area contributed by atoms with Gasteiger partial charge in [-0.2, -0.15) is 0 Å². The van der Waals surface area contributed by atoms with Gasteiger partial charge in [0.15, 0.2) is 0 Å². The molecule has 0 radical (unpaired) electrons. The Kier molecular flexibility index (Phi) is 8.25. The molecule has 5 heteroatoms. The van der Waals surface area contributed by atoms with Gasteiger partial charge in [0.25, 0.3) is 0 Å². The minimum atomic E-state index is -4.45. The number of hydrogen-bond donors (Lipinski definition) is 0. The van der Waals surface area contributed by atoms with Crippen molar-refractivity contribution < 1.29 is 42.5 Å². The Morgan fingerprint density at radius 3 is 2.00 bits per heavy atom. The molecule has 0 heterocycles. The molecule has 3 nitrogen and oxygen atoms in total. The average molecular weight is 342 g/mol. The summed E-state index contributed by atoms with van der Waals surface area (Å²) >= 11 is 0. The molecule has 0 bridgehead atoms. The van der Waals surface area contributed by atoms with E-state index in [9.17, 15) is 13.0 Å². The summed E-state index contributed by atoms with van der Waals surface area (Å²) in [5.41, 5.74) is 2.30. The minimum Gasteiger partial charge on any atom is -0.744 e. The number of fused-ring (bicyclic) bond motifs is 1. The van der Waals surface area contributed by atoms with Crippen molar-refractivity contribution in [3.8, 4) is 0 Å². The zero-order valence-corrected chi connectivity index (χ0v) is 17.1. The number of unbranched alkanes of at least 4 members (excludes halogenated alkanes) is 2. The number of benzene rings is 2. The molecule has 0 saturated heterocycles. The Balaban J connectivity index is 0.00000264. The molecule has 0 saturated carbocycles. The summed E-state index contributed by atoms with van der Waals surface area (Å²) in [6.45, 7) is 4.27. The van der Waals surface area contributed by atoms with Crippen molar-refractivity contribution in [2.75, 3.05) is 0 Å². The Bertz CT molecular complexity index is 740. The summed E-state index contributed by atoms with van der Waals surface area (Å²) in [4.78, 5) is -0.0962. The van der Waals surface area contributed by atoms with Crippen molar-refractivity contribution in [2.24, 2.45) is 0 Å². The molecule has 0 aliphatic rings. The second kappa shape index (κ2) is 9.19. The summed E-state index contributed by atoms with van der Waals surface area (Å²) in [6, 6.07) is 8.95. The zero-order chi connectivity index (χ0) is 16.2. The first-order chi connectivity index (χ1) is 10.5. The predicted octanol–water partition coefficient (Wildman–Crippen LogP) is 1.43. The van der Waals surface area contributed by atoms with E-state index >= 15 is 0 Å². The van der Waals surface area contributed by atoms with E-state index in [1.807, 2.05) is 12.1 Å². The van der Waals surface area contributed by atoms with Gasteiger partial charge >= 0.3 is 29.6 Å². The molecular formula is C18H23NaO3S. The maximum atomic E-state index is 11.5. The molecular weight excluding hydrogens is 319 g/mol. The number of rotatable bonds is 7. The molecule has 2 aromatic rings. The molecule has 23 heavy (non-hydrogen) atoms. The maximum absolute atomic E-state index is 11.5. The van der Waals surface area contributed by atoms with E-state index in [1.54, 1.807) is 6.07 Å². The zero-order valence-electron chi connectivity index (χ0n) is 14.3. The molecule has 0 amide bonds. The van der Waals surface area contributed by atoms with Crippen LogP contribution >= 0.6 is 0 Å². The third-order valence-electron chi connectivity index (χ3n) is 4.04. The first-order valence-electron chi connectivity index (χ1n) is 7.98. The third-order valence-corrected chi connectivity index (χ3v) is 4.94. The van der Waals surface area contributed by atoms with Crippen LogP contribution in [0.5, 0.6) is 0 Å². The minimum absolute atomic E-state index is 0. The van der Waals surface area contributed by atoms with Crippen molar-refractivity contribution in [1.82, 2.24) is 0 Å². The van der Waals surface area contributed by atoms with E-state index in [0.29, 0.717) is 5.39 Å². The standard InChI is InChI=1S/C18H24O3S.Na/c1-3-5-8-14-10-7-11-16-17(22(19,20)21)13-12-15(18(14)16)9-6-4-2;/h7,10-13H,3-6,8-9H2,1-2H3,(H,19,20,21);/q;+1/p-1. The van der Waals surface area contributed by atoms with Gasteiger partial charge in [0.2, 0.25) is 0 Å². The normalized spacial score (nSPS) is 11.4. The van der Waals surface area contributed by atoms with Crippen LogP contribution in [0.1, 0.15) is 50.7 Å². The van der Waals surface area contributed by atoms with Crippen LogP contribution in [0.2, 0.25) is 0 Å². The van der Waals surface area contributed by atoms with Gasteiger partial charge in [0.05, 0.1) is 4.90 Å². The van der Waals surface area contributed by atoms with Crippen molar-refractivity contribution in [1.29, 1.82) is 0 Å². The molecule has 0 N–H and O–H groups in total. The fourth-order valence-electron chi connectivity index (χ4n) is 2.90. The van der Waals surface area contributed by atoms with Crippen LogP contribution in [-0.2, 0) is 23.0 Å². The smallest absolute Gasteiger partial charge is 0.744 e. The molecule has 0 atom stereocenters. The Morgan fingerprint density at radius 1 is 0.913 bits per heavy atom. The first kappa shape index (κ1) is 20.7. The van der Waals surface area contributed by atoms with Crippen LogP contribution in [0, 0.1) is 0 Å². The molecule has 0 aromatic heterocycles. The quantitative estimate of drug-likeness (QED) is 0.565. The maximum Gasteiger partial charge on any atom is 1.00 e. The number of hydrogen-bond acceptors (Lipinski definition) is 3. The summed E-state index contributed by atoms with van der Waals surface area (Å²) in [7, 11) is -4.45. The van der Waals surface area contributed by atoms with Gasteiger partial charge in [-0.25, -0.2) is 8.42 Å². The van der Waals surface area contributed by atoms with Gasteiger partial charge in [-0.3, -0.25) is 0 Å². The average Bonchev–Trinajstić information content (AvgIpc) is 2.49. The van der Waals surface area contributed by atoms with Gasteiger partial charge in [0.1, 0.15) is 10.1 Å². The van der Waals surface area contributed by atoms with Crippen molar-refractivity contribution in [3.63, 3.8) is 0 Å². The molecule has 0 aliphatic carbocycles. The summed E-state index contributed by atoms with van der Waals surface area (Å²) in [5.74, 6) is 0. The van der Waals surface area contributed by atoms with E-state index < -0.39 is 10.1 Å². The van der Waals surface area contributed by atoms with Crippen LogP contribution in [0.3, 0.4) is 0 Å². The molecule has 0 unspecified atom stereocenters. The van der Waals surface area contributed by atoms with E-state index in [-0.39, 0.29) is 34.5 Å². The van der Waals surface area contributed by atoms with Crippen molar-refractivity contribution in [2.45, 2.75) is 57.3 Å². The van der Waals surface area contributed by atoms with Crippen LogP contribution in [0.4, 0.5) is 0 Å². The molecule has 2 rings (SSSR count). The summed E-state index contributed by atoms with van der Waals surface area (Å²) in [5, 5.41) is 1.55. The topological polar surface area (TPSA) is 57.2 Å². The second-order valence-corrected chi connectivity index (χ2v) is 7.07. The third kappa shape index (κ3) is 5.04. The fourth-order valence-corrected chi connectivity index (χ4v) is 3.58. The molecule has 120 valence electrons. The SMILES string of the molecule is CCCCc1cccc2c(S(=O)(=O)[O-])ccc(CCCC)c12.[Na+]. The van der Waals surface area contributed by atoms with Gasteiger partial charge in [-0.15, -0.1) is 0 Å². The summed E-state index contributed by atoms with van der Waals surface area (Å²) in [6.07, 6.45) is 6.10. The second-order valence-electron chi connectivity index (χ2n) is 5.72. The van der Waals surface area contributed by atoms with Gasteiger partial charge in [-0.1, -0.05) is 51.0 Å². The molecule has 0 spiro atoms. The van der Waals surface area contributed by atoms with Crippen LogP contribution in [0.25, 0.3) is 10.8 Å². The number of aryl methyl sites for hydroxylation is 2. The first-order valence-corrected chi connectivity index (χ1v) is 9.39. The summed E-state index contributed by atoms with van der Waals surface area (Å²) < 4.78 is 34.6. The van der Waals surface area contributed by atoms with E-state index in [4.69, 9.17) is 0 Å². The van der Waals surface area contributed by atoms with Crippen LogP contribution < -0.4 is 29.6 Å². The Labute approximate surface area is 161 Å². The largest absolute Gasteiger partial charge is 1.00 e. The van der Waals surface area contributed by atoms with Gasteiger partial charge in [-0.05, 0) is 53.6 Å². The van der Waals surface area contributed by atoms with E-state index in [0.717, 1.165) is 55.0 Å². The van der Waals surface area contributed by atoms with Gasteiger partial charge in [0, 0.05) is 0 Å². The predicted molar refractivity (Wildman–Crippen MR) is 89.1 cm³/mol. The fraction of sp³-hybridized carbons (Fsp3) is 0.444. The van der Waals surface area contributed by atoms with E-state index in [2.05, 4.69) is 19.9 Å². The van der Waals surface area contributed by atoms with Crippen LogP contribution in [-0.4, -0.2) is 13.0 Å². The Hall–Kier alpha value is -0.390. The molecule has 2 aromatic carbocycles.